The molecule has 0 aliphatic heterocycles. The van der Waals surface area contributed by atoms with Crippen LogP contribution in [-0.2, 0) is 6.42 Å². The first kappa shape index (κ1) is 10.5. The molecule has 1 aromatic rings. The van der Waals surface area contributed by atoms with Gasteiger partial charge in [-0.15, -0.1) is 0 Å². The molecule has 1 rings (SSSR count). The summed E-state index contributed by atoms with van der Waals surface area (Å²) < 4.78 is 13.3. The lowest BCUT2D eigenvalue weighted by Gasteiger charge is -2.18. The van der Waals surface area contributed by atoms with Crippen LogP contribution in [0.3, 0.4) is 0 Å². The third-order valence-electron chi connectivity index (χ3n) is 1.68. The van der Waals surface area contributed by atoms with Gasteiger partial charge in [0, 0.05) is 5.54 Å². The molecule has 0 spiro atoms. The van der Waals surface area contributed by atoms with Crippen molar-refractivity contribution in [3.8, 4) is 0 Å². The van der Waals surface area contributed by atoms with E-state index in [-0.39, 0.29) is 10.8 Å². The molecule has 0 aliphatic carbocycles. The van der Waals surface area contributed by atoms with Crippen molar-refractivity contribution >= 4 is 11.6 Å². The Balaban J connectivity index is 2.96. The van der Waals surface area contributed by atoms with Crippen molar-refractivity contribution in [3.63, 3.8) is 0 Å². The van der Waals surface area contributed by atoms with Crippen molar-refractivity contribution in [1.29, 1.82) is 0 Å². The fraction of sp³-hybridized carbons (Fsp3) is 0.400. The first-order valence-corrected chi connectivity index (χ1v) is 4.50. The second-order valence-electron chi connectivity index (χ2n) is 3.88. The normalized spacial score (nSPS) is 11.8. The standard InChI is InChI=1S/C10H13ClFN/c1-10(2,13)6-7-4-3-5-8(11)9(7)12/h3-5H,6,13H2,1-2H3. The minimum absolute atomic E-state index is 0.154. The molecule has 0 heterocycles. The van der Waals surface area contributed by atoms with Crippen LogP contribution in [-0.4, -0.2) is 5.54 Å². The molecule has 0 radical (unpaired) electrons. The summed E-state index contributed by atoms with van der Waals surface area (Å²) in [5.41, 5.74) is 5.93. The van der Waals surface area contributed by atoms with Gasteiger partial charge in [-0.3, -0.25) is 0 Å². The molecule has 0 amide bonds. The topological polar surface area (TPSA) is 26.0 Å². The molecule has 0 saturated carbocycles. The molecule has 0 unspecified atom stereocenters. The molecule has 0 saturated heterocycles. The average Bonchev–Trinajstić information content (AvgIpc) is 1.96. The van der Waals surface area contributed by atoms with Crippen LogP contribution in [0.1, 0.15) is 19.4 Å². The molecule has 0 bridgehead atoms. The number of nitrogens with two attached hydrogens (primary N) is 1. The third-order valence-corrected chi connectivity index (χ3v) is 1.97. The predicted octanol–water partition coefficient (Wildman–Crippen LogP) is 2.76. The zero-order chi connectivity index (χ0) is 10.1. The summed E-state index contributed by atoms with van der Waals surface area (Å²) in [6, 6.07) is 4.96. The van der Waals surface area contributed by atoms with E-state index in [4.69, 9.17) is 17.3 Å². The van der Waals surface area contributed by atoms with Gasteiger partial charge < -0.3 is 5.73 Å². The molecule has 1 aromatic carbocycles. The molecular weight excluding hydrogens is 189 g/mol. The zero-order valence-electron chi connectivity index (χ0n) is 7.77. The van der Waals surface area contributed by atoms with Crippen LogP contribution >= 0.6 is 11.6 Å². The highest BCUT2D eigenvalue weighted by Gasteiger charge is 2.15. The van der Waals surface area contributed by atoms with Gasteiger partial charge in [0.25, 0.3) is 0 Å². The Labute approximate surface area is 82.7 Å². The first-order valence-electron chi connectivity index (χ1n) is 4.12. The van der Waals surface area contributed by atoms with Crippen LogP contribution in [0, 0.1) is 5.82 Å². The Bertz CT molecular complexity index is 304. The van der Waals surface area contributed by atoms with Gasteiger partial charge in [-0.25, -0.2) is 4.39 Å². The molecule has 0 aliphatic rings. The average molecular weight is 202 g/mol. The molecule has 0 atom stereocenters. The van der Waals surface area contributed by atoms with Gasteiger partial charge in [0.1, 0.15) is 5.82 Å². The lowest BCUT2D eigenvalue weighted by molar-refractivity contribution is 0.497. The maximum Gasteiger partial charge on any atom is 0.145 e. The van der Waals surface area contributed by atoms with E-state index in [1.165, 1.54) is 6.07 Å². The Morgan fingerprint density at radius 1 is 1.46 bits per heavy atom. The molecular formula is C10H13ClFN. The fourth-order valence-electron chi connectivity index (χ4n) is 1.18. The molecule has 72 valence electrons. The quantitative estimate of drug-likeness (QED) is 0.783. The van der Waals surface area contributed by atoms with Gasteiger partial charge in [-0.2, -0.15) is 0 Å². The smallest absolute Gasteiger partial charge is 0.145 e. The number of benzene rings is 1. The molecule has 3 heteroatoms. The summed E-state index contributed by atoms with van der Waals surface area (Å²) in [5, 5.41) is 0.154. The minimum Gasteiger partial charge on any atom is -0.325 e. The largest absolute Gasteiger partial charge is 0.325 e. The monoisotopic (exact) mass is 201 g/mol. The summed E-state index contributed by atoms with van der Waals surface area (Å²) >= 11 is 5.63. The minimum atomic E-state index is -0.411. The SMILES string of the molecule is CC(C)(N)Cc1cccc(Cl)c1F. The zero-order valence-corrected chi connectivity index (χ0v) is 8.53. The Morgan fingerprint density at radius 2 is 2.08 bits per heavy atom. The van der Waals surface area contributed by atoms with Crippen LogP contribution < -0.4 is 5.73 Å². The van der Waals surface area contributed by atoms with Gasteiger partial charge in [0.15, 0.2) is 0 Å². The molecule has 0 fully saturated rings. The maximum absolute atomic E-state index is 13.3. The van der Waals surface area contributed by atoms with Crippen molar-refractivity contribution in [3.05, 3.63) is 34.6 Å². The van der Waals surface area contributed by atoms with E-state index in [2.05, 4.69) is 0 Å². The van der Waals surface area contributed by atoms with Gasteiger partial charge in [0.2, 0.25) is 0 Å². The highest BCUT2D eigenvalue weighted by Crippen LogP contribution is 2.20. The van der Waals surface area contributed by atoms with Crippen molar-refractivity contribution in [1.82, 2.24) is 0 Å². The van der Waals surface area contributed by atoms with Crippen LogP contribution in [0.2, 0.25) is 5.02 Å². The van der Waals surface area contributed by atoms with E-state index >= 15 is 0 Å². The number of halogens is 2. The number of hydrogen-bond donors (Lipinski definition) is 1. The summed E-state index contributed by atoms with van der Waals surface area (Å²) in [5.74, 6) is -0.359. The molecule has 0 aromatic heterocycles. The second-order valence-corrected chi connectivity index (χ2v) is 4.29. The van der Waals surface area contributed by atoms with Crippen molar-refractivity contribution in [2.24, 2.45) is 5.73 Å². The van der Waals surface area contributed by atoms with Gasteiger partial charge in [-0.1, -0.05) is 23.7 Å². The Morgan fingerprint density at radius 3 is 2.62 bits per heavy atom. The van der Waals surface area contributed by atoms with Gasteiger partial charge in [-0.05, 0) is 31.9 Å². The predicted molar refractivity (Wildman–Crippen MR) is 53.4 cm³/mol. The van der Waals surface area contributed by atoms with E-state index in [9.17, 15) is 4.39 Å². The highest BCUT2D eigenvalue weighted by atomic mass is 35.5. The van der Waals surface area contributed by atoms with E-state index in [1.54, 1.807) is 12.1 Å². The van der Waals surface area contributed by atoms with Gasteiger partial charge in [0.05, 0.1) is 5.02 Å². The third kappa shape index (κ3) is 2.98. The van der Waals surface area contributed by atoms with Crippen LogP contribution in [0.4, 0.5) is 4.39 Å². The van der Waals surface area contributed by atoms with Crippen LogP contribution in [0.25, 0.3) is 0 Å². The summed E-state index contributed by atoms with van der Waals surface area (Å²) in [4.78, 5) is 0. The van der Waals surface area contributed by atoms with Crippen molar-refractivity contribution < 1.29 is 4.39 Å². The Kier molecular flexibility index (Phi) is 2.94. The summed E-state index contributed by atoms with van der Waals surface area (Å²) in [6.07, 6.45) is 0.486. The maximum atomic E-state index is 13.3. The fourth-order valence-corrected chi connectivity index (χ4v) is 1.37. The first-order chi connectivity index (χ1) is 5.90. The number of hydrogen-bond acceptors (Lipinski definition) is 1. The van der Waals surface area contributed by atoms with E-state index in [1.807, 2.05) is 13.8 Å². The van der Waals surface area contributed by atoms with Crippen LogP contribution in [0.15, 0.2) is 18.2 Å². The van der Waals surface area contributed by atoms with Crippen molar-refractivity contribution in [2.45, 2.75) is 25.8 Å². The summed E-state index contributed by atoms with van der Waals surface area (Å²) in [6.45, 7) is 3.71. The second kappa shape index (κ2) is 3.64. The van der Waals surface area contributed by atoms with Crippen LogP contribution in [0.5, 0.6) is 0 Å². The number of rotatable bonds is 2. The van der Waals surface area contributed by atoms with E-state index < -0.39 is 5.54 Å². The van der Waals surface area contributed by atoms with Gasteiger partial charge >= 0.3 is 0 Å². The Hall–Kier alpha value is -0.600. The summed E-state index contributed by atoms with van der Waals surface area (Å²) in [7, 11) is 0. The lowest BCUT2D eigenvalue weighted by atomic mass is 9.96. The van der Waals surface area contributed by atoms with Crippen molar-refractivity contribution in [2.75, 3.05) is 0 Å². The molecule has 1 nitrogen and oxygen atoms in total. The molecule has 2 N–H and O–H groups in total. The lowest BCUT2D eigenvalue weighted by Crippen LogP contribution is -2.34. The molecule has 13 heavy (non-hydrogen) atoms. The van der Waals surface area contributed by atoms with E-state index in [0.717, 1.165) is 0 Å². The van der Waals surface area contributed by atoms with E-state index in [0.29, 0.717) is 12.0 Å². The highest BCUT2D eigenvalue weighted by molar-refractivity contribution is 6.30.